The predicted molar refractivity (Wildman–Crippen MR) is 65.8 cm³/mol. The summed E-state index contributed by atoms with van der Waals surface area (Å²) in [5, 5.41) is 0. The van der Waals surface area contributed by atoms with Crippen molar-refractivity contribution in [3.8, 4) is 5.75 Å². The molecule has 0 aromatic heterocycles. The molecule has 4 nitrogen and oxygen atoms in total. The Morgan fingerprint density at radius 2 is 1.72 bits per heavy atom. The first-order valence-electron chi connectivity index (χ1n) is 5.61. The van der Waals surface area contributed by atoms with Gasteiger partial charge in [-0.2, -0.15) is 0 Å². The van der Waals surface area contributed by atoms with E-state index in [0.717, 1.165) is 5.75 Å². The van der Waals surface area contributed by atoms with E-state index < -0.39 is 0 Å². The molecule has 0 atom stereocenters. The van der Waals surface area contributed by atoms with Crippen LogP contribution < -0.4 is 17.1 Å². The summed E-state index contributed by atoms with van der Waals surface area (Å²) in [6.45, 7) is 1.03. The summed E-state index contributed by atoms with van der Waals surface area (Å²) in [5.74, 6) is 0.587. The van der Waals surface area contributed by atoms with Gasteiger partial charge >= 0.3 is 5.97 Å². The first kappa shape index (κ1) is 16.7. The minimum Gasteiger partial charge on any atom is -1.00 e. The summed E-state index contributed by atoms with van der Waals surface area (Å²) in [5.41, 5.74) is 0. The van der Waals surface area contributed by atoms with Crippen LogP contribution >= 0.6 is 0 Å². The van der Waals surface area contributed by atoms with E-state index in [0.29, 0.717) is 17.6 Å². The zero-order chi connectivity index (χ0) is 12.7. The molecule has 0 spiro atoms. The second-order valence-corrected chi connectivity index (χ2v) is 4.83. The third kappa shape index (κ3) is 7.92. The van der Waals surface area contributed by atoms with E-state index in [4.69, 9.17) is 9.47 Å². The maximum atomic E-state index is 11.4. The quantitative estimate of drug-likeness (QED) is 0.353. The zero-order valence-corrected chi connectivity index (χ0v) is 11.8. The molecule has 1 aromatic rings. The van der Waals surface area contributed by atoms with Crippen molar-refractivity contribution in [1.82, 2.24) is 0 Å². The van der Waals surface area contributed by atoms with E-state index in [1.165, 1.54) is 0 Å². The number of carbonyl (C=O) groups is 1. The molecule has 0 fully saturated rings. The van der Waals surface area contributed by atoms with Crippen molar-refractivity contribution in [3.05, 3.63) is 30.3 Å². The van der Waals surface area contributed by atoms with Gasteiger partial charge in [0.25, 0.3) is 0 Å². The Morgan fingerprint density at radius 1 is 1.11 bits per heavy atom. The number of likely N-dealkylation sites (N-methyl/N-ethyl adjacent to an activating group) is 1. The number of benzene rings is 1. The Morgan fingerprint density at radius 3 is 2.28 bits per heavy atom. The van der Waals surface area contributed by atoms with Crippen LogP contribution in [0.5, 0.6) is 5.75 Å². The monoisotopic (exact) mass is 273 g/mol. The normalized spacial score (nSPS) is 10.4. The molecule has 1 rings (SSSR count). The van der Waals surface area contributed by atoms with Gasteiger partial charge < -0.3 is 26.4 Å². The second-order valence-electron chi connectivity index (χ2n) is 4.83. The molecule has 0 saturated carbocycles. The molecule has 5 heteroatoms. The molecule has 0 aliphatic carbocycles. The molecule has 0 N–H and O–H groups in total. The SMILES string of the molecule is C[N+](C)(C)CC(=O)OCCOc1ccccc1.[Cl-]. The van der Waals surface area contributed by atoms with E-state index in [1.807, 2.05) is 51.5 Å². The van der Waals surface area contributed by atoms with E-state index in [2.05, 4.69) is 0 Å². The van der Waals surface area contributed by atoms with E-state index in [-0.39, 0.29) is 25.0 Å². The van der Waals surface area contributed by atoms with Crippen LogP contribution in [0, 0.1) is 0 Å². The summed E-state index contributed by atoms with van der Waals surface area (Å²) in [4.78, 5) is 11.4. The fraction of sp³-hybridized carbons (Fsp3) is 0.462. The van der Waals surface area contributed by atoms with Gasteiger partial charge in [0.05, 0.1) is 21.1 Å². The number of hydrogen-bond donors (Lipinski definition) is 0. The molecule has 102 valence electrons. The molecule has 0 amide bonds. The lowest BCUT2D eigenvalue weighted by Gasteiger charge is -2.22. The summed E-state index contributed by atoms with van der Waals surface area (Å²) in [6, 6.07) is 9.46. The highest BCUT2D eigenvalue weighted by molar-refractivity contribution is 5.70. The fourth-order valence-electron chi connectivity index (χ4n) is 1.26. The largest absolute Gasteiger partial charge is 1.00 e. The molecular weight excluding hydrogens is 254 g/mol. The number of halogens is 1. The molecule has 18 heavy (non-hydrogen) atoms. The summed E-state index contributed by atoms with van der Waals surface area (Å²) >= 11 is 0. The molecule has 0 saturated heterocycles. The molecule has 0 aliphatic heterocycles. The lowest BCUT2D eigenvalue weighted by atomic mass is 10.3. The molecular formula is C13H20ClNO3. The number of carbonyl (C=O) groups excluding carboxylic acids is 1. The summed E-state index contributed by atoms with van der Waals surface area (Å²) in [7, 11) is 5.84. The topological polar surface area (TPSA) is 35.5 Å². The lowest BCUT2D eigenvalue weighted by molar-refractivity contribution is -0.862. The molecule has 0 radical (unpaired) electrons. The minimum absolute atomic E-state index is 0. The average molecular weight is 274 g/mol. The van der Waals surface area contributed by atoms with Gasteiger partial charge in [-0.1, -0.05) is 18.2 Å². The van der Waals surface area contributed by atoms with Crippen molar-refractivity contribution < 1.29 is 31.2 Å². The standard InChI is InChI=1S/C13H20NO3.ClH/c1-14(2,3)11-13(15)17-10-9-16-12-7-5-4-6-8-12;/h4-8H,9-11H2,1-3H3;1H/q+1;/p-1. The molecule has 0 unspecified atom stereocenters. The van der Waals surface area contributed by atoms with Crippen LogP contribution in [0.1, 0.15) is 0 Å². The third-order valence-electron chi connectivity index (χ3n) is 1.96. The predicted octanol–water partition coefficient (Wildman–Crippen LogP) is -1.68. The Hall–Kier alpha value is -1.26. The van der Waals surface area contributed by atoms with Gasteiger partial charge in [0.15, 0.2) is 6.54 Å². The lowest BCUT2D eigenvalue weighted by Crippen LogP contribution is -3.00. The smallest absolute Gasteiger partial charge is 0.361 e. The van der Waals surface area contributed by atoms with Gasteiger partial charge in [0.1, 0.15) is 19.0 Å². The van der Waals surface area contributed by atoms with Crippen LogP contribution in [0.3, 0.4) is 0 Å². The number of esters is 1. The Bertz CT molecular complexity index is 349. The van der Waals surface area contributed by atoms with Gasteiger partial charge in [-0.25, -0.2) is 4.79 Å². The highest BCUT2D eigenvalue weighted by atomic mass is 35.5. The Kier molecular flexibility index (Phi) is 7.39. The van der Waals surface area contributed by atoms with Crippen molar-refractivity contribution in [2.75, 3.05) is 40.9 Å². The van der Waals surface area contributed by atoms with Crippen molar-refractivity contribution in [2.24, 2.45) is 0 Å². The Labute approximate surface area is 114 Å². The van der Waals surface area contributed by atoms with Crippen LogP contribution in [-0.4, -0.2) is 51.4 Å². The molecule has 0 heterocycles. The number of rotatable bonds is 6. The maximum Gasteiger partial charge on any atom is 0.361 e. The number of ether oxygens (including phenoxy) is 2. The maximum absolute atomic E-state index is 11.4. The van der Waals surface area contributed by atoms with Crippen LogP contribution in [0.2, 0.25) is 0 Å². The van der Waals surface area contributed by atoms with Crippen LogP contribution in [0.25, 0.3) is 0 Å². The van der Waals surface area contributed by atoms with Gasteiger partial charge in [0, 0.05) is 0 Å². The number of para-hydroxylation sites is 1. The summed E-state index contributed by atoms with van der Waals surface area (Å²) in [6.07, 6.45) is 0. The number of nitrogens with zero attached hydrogens (tertiary/aromatic N) is 1. The van der Waals surface area contributed by atoms with E-state index in [9.17, 15) is 4.79 Å². The van der Waals surface area contributed by atoms with Gasteiger partial charge in [-0.15, -0.1) is 0 Å². The van der Waals surface area contributed by atoms with E-state index >= 15 is 0 Å². The molecule has 0 bridgehead atoms. The van der Waals surface area contributed by atoms with Crippen LogP contribution in [0.15, 0.2) is 30.3 Å². The minimum atomic E-state index is -0.200. The number of hydrogen-bond acceptors (Lipinski definition) is 3. The molecule has 0 aliphatic rings. The van der Waals surface area contributed by atoms with Gasteiger partial charge in [-0.3, -0.25) is 0 Å². The zero-order valence-electron chi connectivity index (χ0n) is 11.1. The van der Waals surface area contributed by atoms with Crippen LogP contribution in [0.4, 0.5) is 0 Å². The second kappa shape index (κ2) is 7.95. The summed E-state index contributed by atoms with van der Waals surface area (Å²) < 4.78 is 11.0. The van der Waals surface area contributed by atoms with Crippen molar-refractivity contribution in [2.45, 2.75) is 0 Å². The highest BCUT2D eigenvalue weighted by Crippen LogP contribution is 2.07. The van der Waals surface area contributed by atoms with Crippen molar-refractivity contribution >= 4 is 5.97 Å². The highest BCUT2D eigenvalue weighted by Gasteiger charge is 2.15. The van der Waals surface area contributed by atoms with Gasteiger partial charge in [-0.05, 0) is 12.1 Å². The third-order valence-corrected chi connectivity index (χ3v) is 1.96. The van der Waals surface area contributed by atoms with Crippen LogP contribution in [-0.2, 0) is 9.53 Å². The first-order chi connectivity index (χ1) is 7.97. The average Bonchev–Trinajstić information content (AvgIpc) is 2.23. The fourth-order valence-corrected chi connectivity index (χ4v) is 1.26. The van der Waals surface area contributed by atoms with Crippen molar-refractivity contribution in [1.29, 1.82) is 0 Å². The molecule has 1 aromatic carbocycles. The van der Waals surface area contributed by atoms with Gasteiger partial charge in [0.2, 0.25) is 0 Å². The van der Waals surface area contributed by atoms with Crippen molar-refractivity contribution in [3.63, 3.8) is 0 Å². The first-order valence-corrected chi connectivity index (χ1v) is 5.61. The van der Waals surface area contributed by atoms with E-state index in [1.54, 1.807) is 0 Å². The number of quaternary nitrogens is 1. The Balaban J connectivity index is 0.00000289.